The number of hydrogen-bond acceptors (Lipinski definition) is 3. The highest BCUT2D eigenvalue weighted by Gasteiger charge is 2.03. The van der Waals surface area contributed by atoms with Crippen molar-refractivity contribution >= 4 is 0 Å². The third-order valence-electron chi connectivity index (χ3n) is 2.22. The molecular formula is C12H20N2O. The predicted octanol–water partition coefficient (Wildman–Crippen LogP) is 0.610. The van der Waals surface area contributed by atoms with Crippen LogP contribution >= 0.6 is 0 Å². The molecule has 0 aromatic heterocycles. The zero-order valence-electron chi connectivity index (χ0n) is 9.48. The lowest BCUT2D eigenvalue weighted by molar-refractivity contribution is 0.265. The first kappa shape index (κ1) is 12.2. The van der Waals surface area contributed by atoms with E-state index in [2.05, 4.69) is 23.1 Å². The van der Waals surface area contributed by atoms with E-state index in [0.717, 1.165) is 13.0 Å². The first-order valence-electron chi connectivity index (χ1n) is 5.21. The number of nitrogens with zero attached hydrogens (tertiary/aromatic N) is 1. The van der Waals surface area contributed by atoms with Crippen molar-refractivity contribution in [3.05, 3.63) is 35.4 Å². The van der Waals surface area contributed by atoms with Crippen LogP contribution < -0.4 is 5.73 Å². The minimum Gasteiger partial charge on any atom is -0.395 e. The third-order valence-corrected chi connectivity index (χ3v) is 2.22. The molecule has 0 fully saturated rings. The Kier molecular flexibility index (Phi) is 4.75. The lowest BCUT2D eigenvalue weighted by atomic mass is 10.0. The fraction of sp³-hybridized carbons (Fsp3) is 0.500. The Balaban J connectivity index is 2.65. The number of benzene rings is 1. The molecule has 1 aromatic carbocycles. The second-order valence-electron chi connectivity index (χ2n) is 4.20. The van der Waals surface area contributed by atoms with Crippen molar-refractivity contribution in [1.29, 1.82) is 0 Å². The van der Waals surface area contributed by atoms with Crippen LogP contribution in [0.25, 0.3) is 0 Å². The van der Waals surface area contributed by atoms with Crippen LogP contribution in [0.5, 0.6) is 0 Å². The van der Waals surface area contributed by atoms with Gasteiger partial charge in [-0.25, -0.2) is 0 Å². The molecule has 1 atom stereocenters. The van der Waals surface area contributed by atoms with Crippen LogP contribution in [0.15, 0.2) is 24.3 Å². The number of nitrogens with two attached hydrogens (primary N) is 1. The zero-order chi connectivity index (χ0) is 11.3. The summed E-state index contributed by atoms with van der Waals surface area (Å²) in [5.41, 5.74) is 8.17. The molecule has 3 heteroatoms. The molecule has 84 valence electrons. The second-order valence-corrected chi connectivity index (χ2v) is 4.20. The third kappa shape index (κ3) is 4.42. The highest BCUT2D eigenvalue weighted by molar-refractivity contribution is 5.24. The standard InChI is InChI=1S/C12H20N2O/c1-14(2)8-11-5-3-4-10(6-11)7-12(13)9-15/h3-6,12,15H,7-9,13H2,1-2H3. The van der Waals surface area contributed by atoms with Gasteiger partial charge in [-0.2, -0.15) is 0 Å². The monoisotopic (exact) mass is 208 g/mol. The Morgan fingerprint density at radius 1 is 1.33 bits per heavy atom. The molecule has 0 aliphatic carbocycles. The van der Waals surface area contributed by atoms with Gasteiger partial charge in [0.15, 0.2) is 0 Å². The van der Waals surface area contributed by atoms with Crippen LogP contribution in [-0.2, 0) is 13.0 Å². The summed E-state index contributed by atoms with van der Waals surface area (Å²) in [6.45, 7) is 0.972. The molecule has 15 heavy (non-hydrogen) atoms. The first-order chi connectivity index (χ1) is 7.11. The Morgan fingerprint density at radius 3 is 2.60 bits per heavy atom. The molecule has 1 unspecified atom stereocenters. The average Bonchev–Trinajstić information content (AvgIpc) is 2.17. The summed E-state index contributed by atoms with van der Waals surface area (Å²) in [6, 6.07) is 8.19. The minimum absolute atomic E-state index is 0.0396. The van der Waals surface area contributed by atoms with Gasteiger partial charge in [0.2, 0.25) is 0 Å². The van der Waals surface area contributed by atoms with Gasteiger partial charge in [-0.15, -0.1) is 0 Å². The molecule has 3 N–H and O–H groups in total. The van der Waals surface area contributed by atoms with Gasteiger partial charge in [0.05, 0.1) is 6.61 Å². The van der Waals surface area contributed by atoms with E-state index in [-0.39, 0.29) is 12.6 Å². The molecule has 1 rings (SSSR count). The van der Waals surface area contributed by atoms with E-state index in [0.29, 0.717) is 0 Å². The molecule has 0 spiro atoms. The van der Waals surface area contributed by atoms with Crippen molar-refractivity contribution in [1.82, 2.24) is 4.90 Å². The summed E-state index contributed by atoms with van der Waals surface area (Å²) in [5, 5.41) is 8.88. The average molecular weight is 208 g/mol. The van der Waals surface area contributed by atoms with Crippen LogP contribution in [0.4, 0.5) is 0 Å². The summed E-state index contributed by atoms with van der Waals surface area (Å²) >= 11 is 0. The van der Waals surface area contributed by atoms with Crippen molar-refractivity contribution in [2.45, 2.75) is 19.0 Å². The predicted molar refractivity (Wildman–Crippen MR) is 62.6 cm³/mol. The molecule has 0 heterocycles. The molecular weight excluding hydrogens is 188 g/mol. The normalized spacial score (nSPS) is 13.1. The van der Waals surface area contributed by atoms with Gasteiger partial charge >= 0.3 is 0 Å². The van der Waals surface area contributed by atoms with E-state index in [4.69, 9.17) is 10.8 Å². The summed E-state index contributed by atoms with van der Waals surface area (Å²) in [6.07, 6.45) is 0.734. The number of hydrogen-bond donors (Lipinski definition) is 2. The number of aliphatic hydroxyl groups excluding tert-OH is 1. The lowest BCUT2D eigenvalue weighted by Crippen LogP contribution is -2.26. The number of rotatable bonds is 5. The van der Waals surface area contributed by atoms with E-state index < -0.39 is 0 Å². The molecule has 0 saturated carbocycles. The van der Waals surface area contributed by atoms with Gasteiger partial charge in [-0.05, 0) is 31.6 Å². The zero-order valence-corrected chi connectivity index (χ0v) is 9.48. The van der Waals surface area contributed by atoms with E-state index in [1.807, 2.05) is 20.2 Å². The smallest absolute Gasteiger partial charge is 0.0585 e. The molecule has 0 radical (unpaired) electrons. The van der Waals surface area contributed by atoms with Crippen LogP contribution in [0.3, 0.4) is 0 Å². The van der Waals surface area contributed by atoms with Crippen LogP contribution in [0.1, 0.15) is 11.1 Å². The fourth-order valence-corrected chi connectivity index (χ4v) is 1.59. The highest BCUT2D eigenvalue weighted by Crippen LogP contribution is 2.08. The maximum Gasteiger partial charge on any atom is 0.0585 e. The minimum atomic E-state index is -0.153. The fourth-order valence-electron chi connectivity index (χ4n) is 1.59. The van der Waals surface area contributed by atoms with E-state index in [9.17, 15) is 0 Å². The molecule has 0 aliphatic rings. The lowest BCUT2D eigenvalue weighted by Gasteiger charge is -2.12. The molecule has 1 aromatic rings. The van der Waals surface area contributed by atoms with Crippen molar-refractivity contribution in [3.63, 3.8) is 0 Å². The molecule has 0 amide bonds. The Hall–Kier alpha value is -0.900. The van der Waals surface area contributed by atoms with Crippen molar-refractivity contribution < 1.29 is 5.11 Å². The van der Waals surface area contributed by atoms with Crippen LogP contribution in [0, 0.1) is 0 Å². The topological polar surface area (TPSA) is 49.5 Å². The Bertz CT molecular complexity index is 299. The quantitative estimate of drug-likeness (QED) is 0.745. The van der Waals surface area contributed by atoms with Crippen LogP contribution in [0.2, 0.25) is 0 Å². The van der Waals surface area contributed by atoms with E-state index >= 15 is 0 Å². The van der Waals surface area contributed by atoms with Gasteiger partial charge in [-0.3, -0.25) is 0 Å². The van der Waals surface area contributed by atoms with Gasteiger partial charge in [0.25, 0.3) is 0 Å². The summed E-state index contributed by atoms with van der Waals surface area (Å²) < 4.78 is 0. The van der Waals surface area contributed by atoms with Crippen LogP contribution in [-0.4, -0.2) is 36.8 Å². The molecule has 0 saturated heterocycles. The first-order valence-corrected chi connectivity index (χ1v) is 5.21. The van der Waals surface area contributed by atoms with Gasteiger partial charge in [0, 0.05) is 12.6 Å². The van der Waals surface area contributed by atoms with Gasteiger partial charge in [-0.1, -0.05) is 24.3 Å². The summed E-state index contributed by atoms with van der Waals surface area (Å²) in [7, 11) is 4.10. The largest absolute Gasteiger partial charge is 0.395 e. The summed E-state index contributed by atoms with van der Waals surface area (Å²) in [4.78, 5) is 2.13. The van der Waals surface area contributed by atoms with Gasteiger partial charge in [0.1, 0.15) is 0 Å². The molecule has 0 bridgehead atoms. The SMILES string of the molecule is CN(C)Cc1cccc(CC(N)CO)c1. The van der Waals surface area contributed by atoms with E-state index in [1.165, 1.54) is 11.1 Å². The maximum atomic E-state index is 8.88. The van der Waals surface area contributed by atoms with Crippen molar-refractivity contribution in [2.75, 3.05) is 20.7 Å². The van der Waals surface area contributed by atoms with Crippen molar-refractivity contribution in [3.8, 4) is 0 Å². The molecule has 3 nitrogen and oxygen atoms in total. The summed E-state index contributed by atoms with van der Waals surface area (Å²) in [5.74, 6) is 0. The Labute approximate surface area is 91.5 Å². The highest BCUT2D eigenvalue weighted by atomic mass is 16.3. The Morgan fingerprint density at radius 2 is 2.00 bits per heavy atom. The molecule has 0 aliphatic heterocycles. The van der Waals surface area contributed by atoms with E-state index in [1.54, 1.807) is 0 Å². The maximum absolute atomic E-state index is 8.88. The van der Waals surface area contributed by atoms with Crippen molar-refractivity contribution in [2.24, 2.45) is 5.73 Å². The second kappa shape index (κ2) is 5.85. The van der Waals surface area contributed by atoms with Gasteiger partial charge < -0.3 is 15.7 Å². The number of aliphatic hydroxyl groups is 1.